The molecule has 0 bridgehead atoms. The van der Waals surface area contributed by atoms with E-state index >= 15 is 0 Å². The number of aliphatic carboxylic acids is 1. The Morgan fingerprint density at radius 2 is 1.89 bits per heavy atom. The molecule has 0 unspecified atom stereocenters. The van der Waals surface area contributed by atoms with Crippen molar-refractivity contribution in [2.45, 2.75) is 33.1 Å². The van der Waals surface area contributed by atoms with Gasteiger partial charge in [-0.1, -0.05) is 32.0 Å². The molecule has 98 valence electrons. The first-order valence-corrected chi connectivity index (χ1v) is 6.65. The summed E-state index contributed by atoms with van der Waals surface area (Å²) >= 11 is 0. The predicted octanol–water partition coefficient (Wildman–Crippen LogP) is 2.94. The van der Waals surface area contributed by atoms with E-state index < -0.39 is 5.97 Å². The van der Waals surface area contributed by atoms with Crippen molar-refractivity contribution in [2.75, 3.05) is 18.0 Å². The van der Waals surface area contributed by atoms with Gasteiger partial charge < -0.3 is 10.0 Å². The van der Waals surface area contributed by atoms with Crippen molar-refractivity contribution in [3.8, 4) is 0 Å². The van der Waals surface area contributed by atoms with Crippen molar-refractivity contribution in [3.63, 3.8) is 0 Å². The van der Waals surface area contributed by atoms with Crippen LogP contribution >= 0.6 is 0 Å². The number of hydrogen-bond acceptors (Lipinski definition) is 2. The minimum atomic E-state index is -0.764. The van der Waals surface area contributed by atoms with Crippen LogP contribution in [0.3, 0.4) is 0 Å². The van der Waals surface area contributed by atoms with E-state index in [1.807, 2.05) is 24.3 Å². The molecule has 1 aromatic rings. The normalized spacial score (nSPS) is 17.3. The second-order valence-corrected chi connectivity index (χ2v) is 5.26. The molecule has 1 N–H and O–H groups in total. The van der Waals surface area contributed by atoms with Gasteiger partial charge in [-0.2, -0.15) is 0 Å². The van der Waals surface area contributed by atoms with Gasteiger partial charge in [0.15, 0.2) is 0 Å². The summed E-state index contributed by atoms with van der Waals surface area (Å²) in [6, 6.07) is 7.85. The van der Waals surface area contributed by atoms with Crippen LogP contribution in [-0.4, -0.2) is 24.2 Å². The third kappa shape index (κ3) is 2.35. The molecule has 0 spiro atoms. The summed E-state index contributed by atoms with van der Waals surface area (Å²) in [5, 5.41) is 8.94. The molecule has 3 nitrogen and oxygen atoms in total. The van der Waals surface area contributed by atoms with E-state index in [0.717, 1.165) is 24.3 Å². The van der Waals surface area contributed by atoms with Crippen molar-refractivity contribution in [2.24, 2.45) is 5.41 Å². The highest BCUT2D eigenvalue weighted by molar-refractivity contribution is 5.74. The van der Waals surface area contributed by atoms with E-state index in [9.17, 15) is 4.79 Å². The summed E-state index contributed by atoms with van der Waals surface area (Å²) in [5.74, 6) is -0.764. The number of rotatable bonds is 5. The van der Waals surface area contributed by atoms with Crippen LogP contribution in [0.25, 0.3) is 0 Å². The first kappa shape index (κ1) is 12.9. The molecule has 1 aliphatic rings. The smallest absolute Gasteiger partial charge is 0.307 e. The lowest BCUT2D eigenvalue weighted by atomic mass is 9.74. The molecule has 0 radical (unpaired) electrons. The lowest BCUT2D eigenvalue weighted by molar-refractivity contribution is -0.136. The highest BCUT2D eigenvalue weighted by atomic mass is 16.4. The van der Waals surface area contributed by atoms with Crippen LogP contribution in [-0.2, 0) is 11.2 Å². The fourth-order valence-electron chi connectivity index (χ4n) is 2.76. The number of carboxylic acids is 1. The van der Waals surface area contributed by atoms with Gasteiger partial charge in [-0.05, 0) is 24.5 Å². The van der Waals surface area contributed by atoms with Crippen LogP contribution in [0, 0.1) is 5.41 Å². The van der Waals surface area contributed by atoms with E-state index in [-0.39, 0.29) is 6.42 Å². The Kier molecular flexibility index (Phi) is 3.60. The van der Waals surface area contributed by atoms with Gasteiger partial charge in [-0.15, -0.1) is 0 Å². The molecule has 1 fully saturated rings. The molecule has 1 aromatic carbocycles. The minimum absolute atomic E-state index is 0.109. The quantitative estimate of drug-likeness (QED) is 0.869. The van der Waals surface area contributed by atoms with Crippen molar-refractivity contribution < 1.29 is 9.90 Å². The van der Waals surface area contributed by atoms with Gasteiger partial charge in [0, 0.05) is 24.2 Å². The van der Waals surface area contributed by atoms with E-state index in [4.69, 9.17) is 5.11 Å². The van der Waals surface area contributed by atoms with Crippen LogP contribution < -0.4 is 4.90 Å². The number of nitrogens with zero attached hydrogens (tertiary/aromatic N) is 1. The molecule has 0 amide bonds. The summed E-state index contributed by atoms with van der Waals surface area (Å²) in [5.41, 5.74) is 2.46. The SMILES string of the molecule is CCC1(CC)CN(c2ccccc2CC(=O)O)C1. The monoisotopic (exact) mass is 247 g/mol. The first-order chi connectivity index (χ1) is 8.60. The van der Waals surface area contributed by atoms with Gasteiger partial charge in [0.1, 0.15) is 0 Å². The second-order valence-electron chi connectivity index (χ2n) is 5.26. The third-order valence-electron chi connectivity index (χ3n) is 4.23. The summed E-state index contributed by atoms with van der Waals surface area (Å²) in [6.07, 6.45) is 2.50. The van der Waals surface area contributed by atoms with Crippen LogP contribution in [0.5, 0.6) is 0 Å². The van der Waals surface area contributed by atoms with Gasteiger partial charge in [0.05, 0.1) is 6.42 Å². The molecule has 0 aliphatic carbocycles. The molecule has 2 rings (SSSR count). The van der Waals surface area contributed by atoms with Gasteiger partial charge in [0.2, 0.25) is 0 Å². The maximum atomic E-state index is 10.9. The molecule has 0 atom stereocenters. The molecule has 1 saturated heterocycles. The fraction of sp³-hybridized carbons (Fsp3) is 0.533. The fourth-order valence-corrected chi connectivity index (χ4v) is 2.76. The molecule has 0 aromatic heterocycles. The number of para-hydroxylation sites is 1. The maximum Gasteiger partial charge on any atom is 0.307 e. The predicted molar refractivity (Wildman–Crippen MR) is 73.0 cm³/mol. The Balaban J connectivity index is 2.14. The van der Waals surface area contributed by atoms with E-state index in [1.54, 1.807) is 0 Å². The van der Waals surface area contributed by atoms with Crippen LogP contribution in [0.4, 0.5) is 5.69 Å². The van der Waals surface area contributed by atoms with Crippen LogP contribution in [0.15, 0.2) is 24.3 Å². The zero-order valence-electron chi connectivity index (χ0n) is 11.1. The molecule has 18 heavy (non-hydrogen) atoms. The third-order valence-corrected chi connectivity index (χ3v) is 4.23. The van der Waals surface area contributed by atoms with Gasteiger partial charge in [0.25, 0.3) is 0 Å². The summed E-state index contributed by atoms with van der Waals surface area (Å²) in [4.78, 5) is 13.2. The Bertz CT molecular complexity index is 430. The van der Waals surface area contributed by atoms with E-state index in [0.29, 0.717) is 5.41 Å². The lowest BCUT2D eigenvalue weighted by Crippen LogP contribution is -2.56. The van der Waals surface area contributed by atoms with Crippen molar-refractivity contribution >= 4 is 11.7 Å². The van der Waals surface area contributed by atoms with E-state index in [2.05, 4.69) is 18.7 Å². The molecule has 1 aliphatic heterocycles. The Morgan fingerprint density at radius 3 is 2.44 bits per heavy atom. The average molecular weight is 247 g/mol. The van der Waals surface area contributed by atoms with Gasteiger partial charge in [-0.3, -0.25) is 4.79 Å². The Hall–Kier alpha value is -1.51. The number of benzene rings is 1. The molecule has 1 heterocycles. The minimum Gasteiger partial charge on any atom is -0.481 e. The molecular weight excluding hydrogens is 226 g/mol. The zero-order chi connectivity index (χ0) is 13.2. The van der Waals surface area contributed by atoms with Crippen molar-refractivity contribution in [1.82, 2.24) is 0 Å². The Morgan fingerprint density at radius 1 is 1.28 bits per heavy atom. The molecule has 0 saturated carbocycles. The van der Waals surface area contributed by atoms with Crippen LogP contribution in [0.1, 0.15) is 32.3 Å². The largest absolute Gasteiger partial charge is 0.481 e. The van der Waals surface area contributed by atoms with Crippen molar-refractivity contribution in [3.05, 3.63) is 29.8 Å². The Labute approximate surface area is 108 Å². The second kappa shape index (κ2) is 5.01. The number of carbonyl (C=O) groups is 1. The summed E-state index contributed by atoms with van der Waals surface area (Å²) in [7, 11) is 0. The molecule has 3 heteroatoms. The summed E-state index contributed by atoms with van der Waals surface area (Å²) < 4.78 is 0. The van der Waals surface area contributed by atoms with Crippen molar-refractivity contribution in [1.29, 1.82) is 0 Å². The average Bonchev–Trinajstić information content (AvgIpc) is 2.30. The van der Waals surface area contributed by atoms with E-state index in [1.165, 1.54) is 12.8 Å². The van der Waals surface area contributed by atoms with Gasteiger partial charge >= 0.3 is 5.97 Å². The van der Waals surface area contributed by atoms with Gasteiger partial charge in [-0.25, -0.2) is 0 Å². The molecular formula is C15H21NO2. The topological polar surface area (TPSA) is 40.5 Å². The highest BCUT2D eigenvalue weighted by Crippen LogP contribution is 2.40. The number of hydrogen-bond donors (Lipinski definition) is 1. The maximum absolute atomic E-state index is 10.9. The first-order valence-electron chi connectivity index (χ1n) is 6.65. The lowest BCUT2D eigenvalue weighted by Gasteiger charge is -2.51. The highest BCUT2D eigenvalue weighted by Gasteiger charge is 2.40. The number of anilines is 1. The summed E-state index contributed by atoms with van der Waals surface area (Å²) in [6.45, 7) is 6.58. The standard InChI is InChI=1S/C15H21NO2/c1-3-15(4-2)10-16(11-15)13-8-6-5-7-12(13)9-14(17)18/h5-8H,3-4,9-11H2,1-2H3,(H,17,18). The van der Waals surface area contributed by atoms with Crippen LogP contribution in [0.2, 0.25) is 0 Å². The zero-order valence-corrected chi connectivity index (χ0v) is 11.1. The number of carboxylic acid groups (broad SMARTS) is 1.